The minimum atomic E-state index is -0.733. The monoisotopic (exact) mass is 403 g/mol. The van der Waals surface area contributed by atoms with Gasteiger partial charge in [-0.3, -0.25) is 14.5 Å². The summed E-state index contributed by atoms with van der Waals surface area (Å²) in [5.41, 5.74) is 0.623. The highest BCUT2D eigenvalue weighted by molar-refractivity contribution is 6.31. The van der Waals surface area contributed by atoms with Gasteiger partial charge in [-0.2, -0.15) is 0 Å². The van der Waals surface area contributed by atoms with Crippen LogP contribution in [-0.4, -0.2) is 29.2 Å². The molecule has 1 aliphatic rings. The van der Waals surface area contributed by atoms with Crippen molar-refractivity contribution >= 4 is 29.4 Å². The zero-order chi connectivity index (χ0) is 20.4. The molecule has 146 valence electrons. The molecular weight excluding hydrogens is 385 g/mol. The van der Waals surface area contributed by atoms with Crippen molar-refractivity contribution in [1.29, 1.82) is 0 Å². The summed E-state index contributed by atoms with van der Waals surface area (Å²) >= 11 is 5.92. The Morgan fingerprint density at radius 2 is 1.86 bits per heavy atom. The van der Waals surface area contributed by atoms with Crippen LogP contribution in [0.2, 0.25) is 5.02 Å². The molecule has 0 bridgehead atoms. The van der Waals surface area contributed by atoms with Crippen molar-refractivity contribution < 1.29 is 23.5 Å². The lowest BCUT2D eigenvalue weighted by molar-refractivity contribution is 0.0468. The van der Waals surface area contributed by atoms with Gasteiger partial charge in [-0.05, 0) is 42.7 Å². The van der Waals surface area contributed by atoms with Gasteiger partial charge in [-0.1, -0.05) is 31.5 Å². The molecule has 0 aromatic heterocycles. The van der Waals surface area contributed by atoms with E-state index in [4.69, 9.17) is 16.3 Å². The zero-order valence-electron chi connectivity index (χ0n) is 15.5. The molecule has 28 heavy (non-hydrogen) atoms. The Labute approximate surface area is 167 Å². The SMILES string of the molecule is CC(C)CCN1C(=O)c2ccc(C(=O)OCc3c(F)cccc3Cl)cc2C1=O. The van der Waals surface area contributed by atoms with E-state index in [2.05, 4.69) is 0 Å². The maximum atomic E-state index is 13.8. The van der Waals surface area contributed by atoms with Gasteiger partial charge in [0.2, 0.25) is 0 Å². The molecule has 3 rings (SSSR count). The lowest BCUT2D eigenvalue weighted by Gasteiger charge is -2.14. The number of halogens is 2. The number of hydrogen-bond acceptors (Lipinski definition) is 4. The standard InChI is InChI=1S/C21H19ClFNO4/c1-12(2)8-9-24-19(25)14-7-6-13(10-15(14)20(24)26)21(27)28-11-16-17(22)4-3-5-18(16)23/h3-7,10,12H,8-9,11H2,1-2H3. The number of esters is 1. The number of fused-ring (bicyclic) bond motifs is 1. The molecule has 5 nitrogen and oxygen atoms in total. The van der Waals surface area contributed by atoms with Gasteiger partial charge in [0, 0.05) is 12.1 Å². The average molecular weight is 404 g/mol. The Balaban J connectivity index is 1.75. The molecule has 0 aliphatic carbocycles. The third-order valence-corrected chi connectivity index (χ3v) is 4.90. The van der Waals surface area contributed by atoms with Crippen LogP contribution in [0.4, 0.5) is 4.39 Å². The first-order valence-electron chi connectivity index (χ1n) is 8.90. The van der Waals surface area contributed by atoms with E-state index in [1.807, 2.05) is 13.8 Å². The highest BCUT2D eigenvalue weighted by Gasteiger charge is 2.35. The fourth-order valence-corrected chi connectivity index (χ4v) is 3.12. The van der Waals surface area contributed by atoms with E-state index in [-0.39, 0.29) is 39.8 Å². The number of rotatable bonds is 6. The molecule has 2 amide bonds. The van der Waals surface area contributed by atoms with Crippen molar-refractivity contribution in [2.24, 2.45) is 5.92 Å². The molecule has 0 N–H and O–H groups in total. The highest BCUT2D eigenvalue weighted by Crippen LogP contribution is 2.26. The van der Waals surface area contributed by atoms with E-state index in [1.165, 1.54) is 41.3 Å². The van der Waals surface area contributed by atoms with Crippen LogP contribution < -0.4 is 0 Å². The van der Waals surface area contributed by atoms with Crippen LogP contribution in [0.15, 0.2) is 36.4 Å². The predicted octanol–water partition coefficient (Wildman–Crippen LogP) is 4.48. The van der Waals surface area contributed by atoms with E-state index in [1.54, 1.807) is 0 Å². The van der Waals surface area contributed by atoms with Gasteiger partial charge in [0.1, 0.15) is 12.4 Å². The number of imide groups is 1. The molecule has 0 atom stereocenters. The third-order valence-electron chi connectivity index (χ3n) is 4.55. The second-order valence-electron chi connectivity index (χ2n) is 6.98. The summed E-state index contributed by atoms with van der Waals surface area (Å²) in [5.74, 6) is -1.75. The molecule has 0 fully saturated rings. The van der Waals surface area contributed by atoms with Crippen molar-refractivity contribution in [1.82, 2.24) is 4.90 Å². The molecule has 1 aliphatic heterocycles. The fraction of sp³-hybridized carbons (Fsp3) is 0.286. The number of hydrogen-bond donors (Lipinski definition) is 0. The van der Waals surface area contributed by atoms with Gasteiger partial charge in [-0.15, -0.1) is 0 Å². The number of carbonyl (C=O) groups is 3. The minimum Gasteiger partial charge on any atom is -0.457 e. The summed E-state index contributed by atoms with van der Waals surface area (Å²) in [5, 5.41) is 0.156. The molecular formula is C21H19ClFNO4. The third kappa shape index (κ3) is 3.92. The Morgan fingerprint density at radius 1 is 1.14 bits per heavy atom. The highest BCUT2D eigenvalue weighted by atomic mass is 35.5. The van der Waals surface area contributed by atoms with E-state index in [0.29, 0.717) is 18.9 Å². The van der Waals surface area contributed by atoms with Crippen LogP contribution >= 0.6 is 11.6 Å². The van der Waals surface area contributed by atoms with Crippen molar-refractivity contribution in [2.75, 3.05) is 6.54 Å². The van der Waals surface area contributed by atoms with E-state index in [9.17, 15) is 18.8 Å². The maximum Gasteiger partial charge on any atom is 0.338 e. The number of nitrogens with zero attached hydrogens (tertiary/aromatic N) is 1. The second-order valence-corrected chi connectivity index (χ2v) is 7.39. The molecule has 2 aromatic rings. The average Bonchev–Trinajstić information content (AvgIpc) is 2.89. The minimum absolute atomic E-state index is 0.0739. The topological polar surface area (TPSA) is 63.7 Å². The smallest absolute Gasteiger partial charge is 0.338 e. The fourth-order valence-electron chi connectivity index (χ4n) is 2.90. The van der Waals surface area contributed by atoms with Crippen molar-refractivity contribution in [3.63, 3.8) is 0 Å². The number of carbonyl (C=O) groups excluding carboxylic acids is 3. The summed E-state index contributed by atoms with van der Waals surface area (Å²) < 4.78 is 18.9. The Hall–Kier alpha value is -2.73. The summed E-state index contributed by atoms with van der Waals surface area (Å²) in [6.45, 7) is 4.01. The summed E-state index contributed by atoms with van der Waals surface area (Å²) in [6.07, 6.45) is 0.698. The zero-order valence-corrected chi connectivity index (χ0v) is 16.3. The van der Waals surface area contributed by atoms with Gasteiger partial charge >= 0.3 is 5.97 Å². The van der Waals surface area contributed by atoms with Crippen molar-refractivity contribution in [3.05, 3.63) is 69.5 Å². The second kappa shape index (κ2) is 8.10. The first-order valence-corrected chi connectivity index (χ1v) is 9.27. The molecule has 0 radical (unpaired) electrons. The first kappa shape index (κ1) is 20.0. The molecule has 2 aromatic carbocycles. The van der Waals surface area contributed by atoms with E-state index >= 15 is 0 Å². The number of ether oxygens (including phenoxy) is 1. The quantitative estimate of drug-likeness (QED) is 0.527. The summed E-state index contributed by atoms with van der Waals surface area (Å²) in [4.78, 5) is 38.5. The number of benzene rings is 2. The maximum absolute atomic E-state index is 13.8. The summed E-state index contributed by atoms with van der Waals surface area (Å²) in [7, 11) is 0. The summed E-state index contributed by atoms with van der Waals surface area (Å²) in [6, 6.07) is 8.38. The van der Waals surface area contributed by atoms with Crippen LogP contribution in [0.25, 0.3) is 0 Å². The van der Waals surface area contributed by atoms with E-state index < -0.39 is 17.7 Å². The van der Waals surface area contributed by atoms with Crippen LogP contribution in [0.3, 0.4) is 0 Å². The van der Waals surface area contributed by atoms with Gasteiger partial charge in [0.15, 0.2) is 0 Å². The molecule has 0 saturated carbocycles. The lowest BCUT2D eigenvalue weighted by Crippen LogP contribution is -2.31. The largest absolute Gasteiger partial charge is 0.457 e. The Kier molecular flexibility index (Phi) is 5.79. The van der Waals surface area contributed by atoms with Crippen molar-refractivity contribution in [3.8, 4) is 0 Å². The lowest BCUT2D eigenvalue weighted by atomic mass is 10.1. The van der Waals surface area contributed by atoms with Gasteiger partial charge < -0.3 is 4.74 Å². The van der Waals surface area contributed by atoms with Crippen molar-refractivity contribution in [2.45, 2.75) is 26.9 Å². The Bertz CT molecular complexity index is 937. The molecule has 0 unspecified atom stereocenters. The van der Waals surface area contributed by atoms with Gasteiger partial charge in [-0.25, -0.2) is 9.18 Å². The predicted molar refractivity (Wildman–Crippen MR) is 102 cm³/mol. The van der Waals surface area contributed by atoms with Crippen LogP contribution in [0.5, 0.6) is 0 Å². The van der Waals surface area contributed by atoms with E-state index in [0.717, 1.165) is 0 Å². The van der Waals surface area contributed by atoms with Gasteiger partial charge in [0.05, 0.1) is 21.7 Å². The molecule has 7 heteroatoms. The molecule has 1 heterocycles. The van der Waals surface area contributed by atoms with Crippen LogP contribution in [-0.2, 0) is 11.3 Å². The van der Waals surface area contributed by atoms with Crippen LogP contribution in [0.1, 0.15) is 56.9 Å². The normalized spacial score (nSPS) is 13.2. The number of amides is 2. The first-order chi connectivity index (χ1) is 13.3. The molecule has 0 saturated heterocycles. The van der Waals surface area contributed by atoms with Crippen LogP contribution in [0, 0.1) is 11.7 Å². The molecule has 0 spiro atoms. The Morgan fingerprint density at radius 3 is 2.54 bits per heavy atom. The van der Waals surface area contributed by atoms with Gasteiger partial charge in [0.25, 0.3) is 11.8 Å².